The second-order valence-corrected chi connectivity index (χ2v) is 4.09. The average molecular weight is 259 g/mol. The first-order valence-electron chi connectivity index (χ1n) is 5.96. The summed E-state index contributed by atoms with van der Waals surface area (Å²) in [5.74, 6) is 1.53. The van der Waals surface area contributed by atoms with Gasteiger partial charge in [0.25, 0.3) is 0 Å². The third kappa shape index (κ3) is 2.51. The molecule has 100 valence electrons. The summed E-state index contributed by atoms with van der Waals surface area (Å²) in [7, 11) is 3.27. The highest BCUT2D eigenvalue weighted by atomic mass is 16.5. The van der Waals surface area contributed by atoms with Gasteiger partial charge in [-0.1, -0.05) is 0 Å². The molecular formula is C14H17N3O2. The number of ether oxygens (including phenoxy) is 2. The lowest BCUT2D eigenvalue weighted by atomic mass is 10.1. The van der Waals surface area contributed by atoms with E-state index in [9.17, 15) is 0 Å². The number of methoxy groups -OCH3 is 2. The maximum Gasteiger partial charge on any atom is 0.134 e. The van der Waals surface area contributed by atoms with Crippen LogP contribution in [0.15, 0.2) is 24.3 Å². The molecule has 0 aliphatic rings. The van der Waals surface area contributed by atoms with E-state index in [4.69, 9.17) is 15.2 Å². The molecule has 1 heterocycles. The van der Waals surface area contributed by atoms with E-state index >= 15 is 0 Å². The van der Waals surface area contributed by atoms with Crippen LogP contribution in [0.25, 0.3) is 11.3 Å². The first-order chi connectivity index (χ1) is 9.21. The van der Waals surface area contributed by atoms with E-state index in [2.05, 4.69) is 10.2 Å². The van der Waals surface area contributed by atoms with Crippen molar-refractivity contribution in [2.75, 3.05) is 14.2 Å². The Morgan fingerprint density at radius 3 is 2.37 bits per heavy atom. The molecule has 0 radical (unpaired) electrons. The Balaban J connectivity index is 2.51. The van der Waals surface area contributed by atoms with Gasteiger partial charge >= 0.3 is 0 Å². The minimum absolute atomic E-state index is 0.381. The standard InChI is InChI=1S/C14H17N3O2/c1-9-13(18-2)7-5-11(14(9)19-3)12-6-4-10(8-15)16-17-12/h4-7H,8,15H2,1-3H3. The van der Waals surface area contributed by atoms with Gasteiger partial charge in [0.15, 0.2) is 0 Å². The molecule has 0 amide bonds. The van der Waals surface area contributed by atoms with Crippen LogP contribution in [0, 0.1) is 6.92 Å². The van der Waals surface area contributed by atoms with Crippen molar-refractivity contribution < 1.29 is 9.47 Å². The highest BCUT2D eigenvalue weighted by Crippen LogP contribution is 2.36. The zero-order chi connectivity index (χ0) is 13.8. The summed E-state index contributed by atoms with van der Waals surface area (Å²) in [4.78, 5) is 0. The van der Waals surface area contributed by atoms with Crippen molar-refractivity contribution in [1.29, 1.82) is 0 Å². The molecule has 0 aliphatic carbocycles. The molecule has 2 rings (SSSR count). The molecule has 0 fully saturated rings. The van der Waals surface area contributed by atoms with Crippen molar-refractivity contribution in [3.8, 4) is 22.8 Å². The topological polar surface area (TPSA) is 70.3 Å². The third-order valence-corrected chi connectivity index (χ3v) is 2.99. The molecule has 0 saturated heterocycles. The molecule has 0 saturated carbocycles. The summed E-state index contributed by atoms with van der Waals surface area (Å²) >= 11 is 0. The van der Waals surface area contributed by atoms with Gasteiger partial charge in [-0.2, -0.15) is 10.2 Å². The van der Waals surface area contributed by atoms with Crippen molar-refractivity contribution >= 4 is 0 Å². The lowest BCUT2D eigenvalue weighted by molar-refractivity contribution is 0.390. The molecule has 19 heavy (non-hydrogen) atoms. The number of nitrogens with zero attached hydrogens (tertiary/aromatic N) is 2. The smallest absolute Gasteiger partial charge is 0.134 e. The lowest BCUT2D eigenvalue weighted by Crippen LogP contribution is -2.02. The Morgan fingerprint density at radius 2 is 1.84 bits per heavy atom. The predicted octanol–water partition coefficient (Wildman–Crippen LogP) is 1.93. The fourth-order valence-corrected chi connectivity index (χ4v) is 1.97. The summed E-state index contributed by atoms with van der Waals surface area (Å²) in [6, 6.07) is 7.56. The molecule has 2 aromatic rings. The molecule has 0 spiro atoms. The van der Waals surface area contributed by atoms with Gasteiger partial charge in [-0.15, -0.1) is 0 Å². The fraction of sp³-hybridized carbons (Fsp3) is 0.286. The second-order valence-electron chi connectivity index (χ2n) is 4.09. The Morgan fingerprint density at radius 1 is 1.05 bits per heavy atom. The molecule has 1 aromatic carbocycles. The van der Waals surface area contributed by atoms with Gasteiger partial charge in [-0.05, 0) is 31.2 Å². The molecule has 5 nitrogen and oxygen atoms in total. The summed E-state index contributed by atoms with van der Waals surface area (Å²) in [5, 5.41) is 8.23. The first-order valence-corrected chi connectivity index (χ1v) is 5.96. The van der Waals surface area contributed by atoms with E-state index in [1.807, 2.05) is 31.2 Å². The summed E-state index contributed by atoms with van der Waals surface area (Å²) < 4.78 is 10.7. The highest BCUT2D eigenvalue weighted by Gasteiger charge is 2.13. The zero-order valence-corrected chi connectivity index (χ0v) is 11.3. The fourth-order valence-electron chi connectivity index (χ4n) is 1.97. The second kappa shape index (κ2) is 5.67. The number of hydrogen-bond donors (Lipinski definition) is 1. The Hall–Kier alpha value is -2.14. The molecule has 0 bridgehead atoms. The summed E-state index contributed by atoms with van der Waals surface area (Å²) in [6.45, 7) is 2.33. The first kappa shape index (κ1) is 13.3. The molecule has 5 heteroatoms. The largest absolute Gasteiger partial charge is 0.496 e. The van der Waals surface area contributed by atoms with E-state index in [-0.39, 0.29) is 0 Å². The van der Waals surface area contributed by atoms with Gasteiger partial charge in [0.2, 0.25) is 0 Å². The van der Waals surface area contributed by atoms with Crippen LogP contribution in [0.1, 0.15) is 11.3 Å². The molecule has 0 atom stereocenters. The van der Waals surface area contributed by atoms with Crippen molar-refractivity contribution in [3.63, 3.8) is 0 Å². The number of benzene rings is 1. The zero-order valence-electron chi connectivity index (χ0n) is 11.3. The Labute approximate surface area is 112 Å². The van der Waals surface area contributed by atoms with E-state index in [1.54, 1.807) is 14.2 Å². The third-order valence-electron chi connectivity index (χ3n) is 2.99. The van der Waals surface area contributed by atoms with Crippen molar-refractivity contribution in [2.24, 2.45) is 5.73 Å². The van der Waals surface area contributed by atoms with Crippen LogP contribution >= 0.6 is 0 Å². The van der Waals surface area contributed by atoms with Crippen LogP contribution in [0.4, 0.5) is 0 Å². The molecule has 2 N–H and O–H groups in total. The van der Waals surface area contributed by atoms with Gasteiger partial charge in [-0.3, -0.25) is 0 Å². The van der Waals surface area contributed by atoms with E-state index < -0.39 is 0 Å². The maximum atomic E-state index is 5.51. The van der Waals surface area contributed by atoms with Crippen LogP contribution in [-0.4, -0.2) is 24.4 Å². The predicted molar refractivity (Wildman–Crippen MR) is 73.2 cm³/mol. The van der Waals surface area contributed by atoms with Crippen molar-refractivity contribution in [2.45, 2.75) is 13.5 Å². The average Bonchev–Trinajstić information content (AvgIpc) is 2.47. The molecular weight excluding hydrogens is 242 g/mol. The summed E-state index contributed by atoms with van der Waals surface area (Å²) in [6.07, 6.45) is 0. The van der Waals surface area contributed by atoms with Gasteiger partial charge in [0, 0.05) is 17.7 Å². The summed E-state index contributed by atoms with van der Waals surface area (Å²) in [5.41, 5.74) is 8.84. The minimum Gasteiger partial charge on any atom is -0.496 e. The van der Waals surface area contributed by atoms with Crippen molar-refractivity contribution in [3.05, 3.63) is 35.5 Å². The molecule has 1 aromatic heterocycles. The quantitative estimate of drug-likeness (QED) is 0.908. The van der Waals surface area contributed by atoms with E-state index in [0.717, 1.165) is 34.0 Å². The van der Waals surface area contributed by atoms with Gasteiger partial charge in [0.05, 0.1) is 25.6 Å². The number of nitrogens with two attached hydrogens (primary N) is 1. The van der Waals surface area contributed by atoms with Crippen molar-refractivity contribution in [1.82, 2.24) is 10.2 Å². The monoisotopic (exact) mass is 259 g/mol. The lowest BCUT2D eigenvalue weighted by Gasteiger charge is -2.13. The van der Waals surface area contributed by atoms with Crippen LogP contribution in [0.5, 0.6) is 11.5 Å². The SMILES string of the molecule is COc1ccc(-c2ccc(CN)nn2)c(OC)c1C. The molecule has 0 unspecified atom stereocenters. The Kier molecular flexibility index (Phi) is 3.97. The Bertz CT molecular complexity index is 568. The number of rotatable bonds is 4. The minimum atomic E-state index is 0.381. The van der Waals surface area contributed by atoms with Crippen LogP contribution in [0.3, 0.4) is 0 Å². The van der Waals surface area contributed by atoms with E-state index in [0.29, 0.717) is 6.54 Å². The van der Waals surface area contributed by atoms with Gasteiger partial charge in [0.1, 0.15) is 11.5 Å². The van der Waals surface area contributed by atoms with E-state index in [1.165, 1.54) is 0 Å². The number of aromatic nitrogens is 2. The van der Waals surface area contributed by atoms with Crippen LogP contribution in [-0.2, 0) is 6.54 Å². The van der Waals surface area contributed by atoms with Crippen LogP contribution in [0.2, 0.25) is 0 Å². The normalized spacial score (nSPS) is 10.3. The van der Waals surface area contributed by atoms with Gasteiger partial charge in [-0.25, -0.2) is 0 Å². The van der Waals surface area contributed by atoms with Gasteiger partial charge < -0.3 is 15.2 Å². The molecule has 0 aliphatic heterocycles. The number of hydrogen-bond acceptors (Lipinski definition) is 5. The maximum absolute atomic E-state index is 5.51. The highest BCUT2D eigenvalue weighted by molar-refractivity contribution is 5.71. The van der Waals surface area contributed by atoms with Crippen LogP contribution < -0.4 is 15.2 Å².